The zero-order valence-electron chi connectivity index (χ0n) is 15.8. The number of sulfonamides is 1. The van der Waals surface area contributed by atoms with Crippen molar-refractivity contribution in [3.63, 3.8) is 0 Å². The summed E-state index contributed by atoms with van der Waals surface area (Å²) in [6.07, 6.45) is 5.18. The van der Waals surface area contributed by atoms with Gasteiger partial charge in [0.25, 0.3) is 0 Å². The van der Waals surface area contributed by atoms with Crippen molar-refractivity contribution in [3.05, 3.63) is 65.3 Å². The second kappa shape index (κ2) is 6.51. The van der Waals surface area contributed by atoms with Crippen LogP contribution in [0.3, 0.4) is 0 Å². The molecule has 1 saturated carbocycles. The minimum absolute atomic E-state index is 0.530. The molecule has 2 N–H and O–H groups in total. The summed E-state index contributed by atoms with van der Waals surface area (Å²) in [5.74, 6) is 0. The molecule has 1 heterocycles. The smallest absolute Gasteiger partial charge is 0.229 e. The first-order valence-electron chi connectivity index (χ1n) is 9.27. The molecule has 1 aliphatic rings. The van der Waals surface area contributed by atoms with E-state index in [4.69, 9.17) is 11.6 Å². The van der Waals surface area contributed by atoms with E-state index in [0.29, 0.717) is 30.0 Å². The van der Waals surface area contributed by atoms with Crippen molar-refractivity contribution >= 4 is 38.2 Å². The van der Waals surface area contributed by atoms with E-state index in [0.717, 1.165) is 22.7 Å². The molecule has 5 nitrogen and oxygen atoms in total. The summed E-state index contributed by atoms with van der Waals surface area (Å²) >= 11 is 6.10. The average molecular weight is 419 g/mol. The SMILES string of the molecule is CCC(c1ccc(Cl)cc1)(n1ccc2c(NS(C)(=O)=O)cccc21)C1(O)CC1. The van der Waals surface area contributed by atoms with Crippen molar-refractivity contribution < 1.29 is 13.5 Å². The van der Waals surface area contributed by atoms with Gasteiger partial charge in [0.05, 0.1) is 28.6 Å². The fraction of sp³-hybridized carbons (Fsp3) is 0.333. The number of nitrogens with one attached hydrogen (secondary N) is 1. The van der Waals surface area contributed by atoms with Crippen molar-refractivity contribution in [3.8, 4) is 0 Å². The molecular formula is C21H23ClN2O3S. The van der Waals surface area contributed by atoms with Crippen molar-refractivity contribution in [2.45, 2.75) is 37.3 Å². The second-order valence-electron chi connectivity index (χ2n) is 7.55. The number of nitrogens with zero attached hydrogens (tertiary/aromatic N) is 1. The molecule has 2 aromatic carbocycles. The highest BCUT2D eigenvalue weighted by atomic mass is 35.5. The molecule has 148 valence electrons. The van der Waals surface area contributed by atoms with Gasteiger partial charge < -0.3 is 9.67 Å². The van der Waals surface area contributed by atoms with E-state index < -0.39 is 21.2 Å². The maximum Gasteiger partial charge on any atom is 0.229 e. The molecule has 1 aromatic heterocycles. The van der Waals surface area contributed by atoms with E-state index in [1.54, 1.807) is 6.07 Å². The summed E-state index contributed by atoms with van der Waals surface area (Å²) in [7, 11) is -3.40. The van der Waals surface area contributed by atoms with Gasteiger partial charge in [0.1, 0.15) is 0 Å². The third-order valence-electron chi connectivity index (χ3n) is 5.77. The average Bonchev–Trinajstić information content (AvgIpc) is 3.23. The zero-order chi connectivity index (χ0) is 20.2. The summed E-state index contributed by atoms with van der Waals surface area (Å²) in [6.45, 7) is 2.06. The number of halogens is 1. The van der Waals surface area contributed by atoms with Crippen LogP contribution in [0, 0.1) is 0 Å². The van der Waals surface area contributed by atoms with Crippen LogP contribution >= 0.6 is 11.6 Å². The first-order valence-corrected chi connectivity index (χ1v) is 11.5. The molecule has 7 heteroatoms. The van der Waals surface area contributed by atoms with Gasteiger partial charge in [-0.15, -0.1) is 0 Å². The Kier molecular flexibility index (Phi) is 4.49. The van der Waals surface area contributed by atoms with Gasteiger partial charge in [-0.2, -0.15) is 0 Å². The van der Waals surface area contributed by atoms with E-state index in [2.05, 4.69) is 16.2 Å². The highest BCUT2D eigenvalue weighted by Gasteiger charge is 2.59. The number of aromatic nitrogens is 1. The Balaban J connectivity index is 1.97. The van der Waals surface area contributed by atoms with Crippen LogP contribution in [-0.4, -0.2) is 29.9 Å². The van der Waals surface area contributed by atoms with Gasteiger partial charge in [-0.1, -0.05) is 36.7 Å². The first-order chi connectivity index (χ1) is 13.2. The molecule has 1 aliphatic carbocycles. The van der Waals surface area contributed by atoms with Crippen molar-refractivity contribution in [2.24, 2.45) is 0 Å². The maximum atomic E-state index is 11.8. The number of hydrogen-bond donors (Lipinski definition) is 2. The number of rotatable bonds is 6. The molecule has 0 spiro atoms. The van der Waals surface area contributed by atoms with Gasteiger partial charge in [-0.25, -0.2) is 8.42 Å². The number of hydrogen-bond acceptors (Lipinski definition) is 3. The Morgan fingerprint density at radius 1 is 1.18 bits per heavy atom. The molecule has 0 aliphatic heterocycles. The Labute approximate surface area is 170 Å². The van der Waals surface area contributed by atoms with E-state index in [1.165, 1.54) is 0 Å². The quantitative estimate of drug-likeness (QED) is 0.625. The molecule has 0 amide bonds. The minimum Gasteiger partial charge on any atom is -0.387 e. The van der Waals surface area contributed by atoms with Gasteiger partial charge in [0.2, 0.25) is 10.0 Å². The lowest BCUT2D eigenvalue weighted by Crippen LogP contribution is -2.47. The molecule has 0 saturated heterocycles. The van der Waals surface area contributed by atoms with Gasteiger partial charge in [0, 0.05) is 16.6 Å². The summed E-state index contributed by atoms with van der Waals surface area (Å²) in [4.78, 5) is 0. The first kappa shape index (κ1) is 19.3. The fourth-order valence-electron chi connectivity index (χ4n) is 4.38. The van der Waals surface area contributed by atoms with E-state index in [1.807, 2.05) is 48.7 Å². The Morgan fingerprint density at radius 3 is 2.43 bits per heavy atom. The standard InChI is InChI=1S/C21H23ClN2O3S/c1-3-21(20(25)12-13-20,15-7-9-16(22)10-8-15)24-14-11-17-18(23-28(2,26)27)5-4-6-19(17)24/h4-11,14,23,25H,3,12-13H2,1-2H3. The van der Waals surface area contributed by atoms with Crippen LogP contribution in [-0.2, 0) is 15.6 Å². The summed E-state index contributed by atoms with van der Waals surface area (Å²) in [5.41, 5.74) is 0.858. The van der Waals surface area contributed by atoms with E-state index >= 15 is 0 Å². The minimum atomic E-state index is -3.40. The van der Waals surface area contributed by atoms with Crippen LogP contribution in [0.5, 0.6) is 0 Å². The predicted molar refractivity (Wildman–Crippen MR) is 113 cm³/mol. The molecule has 4 rings (SSSR count). The lowest BCUT2D eigenvalue weighted by molar-refractivity contribution is 0.0350. The van der Waals surface area contributed by atoms with Crippen LogP contribution in [0.4, 0.5) is 5.69 Å². The van der Waals surface area contributed by atoms with Crippen LogP contribution in [0.2, 0.25) is 5.02 Å². The number of aliphatic hydroxyl groups is 1. The Hall–Kier alpha value is -2.02. The number of fused-ring (bicyclic) bond motifs is 1. The second-order valence-corrected chi connectivity index (χ2v) is 9.74. The highest BCUT2D eigenvalue weighted by Crippen LogP contribution is 2.55. The van der Waals surface area contributed by atoms with E-state index in [-0.39, 0.29) is 0 Å². The van der Waals surface area contributed by atoms with Crippen LogP contribution in [0.1, 0.15) is 31.7 Å². The van der Waals surface area contributed by atoms with Crippen LogP contribution < -0.4 is 4.72 Å². The van der Waals surface area contributed by atoms with Gasteiger partial charge >= 0.3 is 0 Å². The fourth-order valence-corrected chi connectivity index (χ4v) is 5.09. The largest absolute Gasteiger partial charge is 0.387 e. The predicted octanol–water partition coefficient (Wildman–Crippen LogP) is 4.34. The molecule has 1 atom stereocenters. The van der Waals surface area contributed by atoms with Gasteiger partial charge in [0.15, 0.2) is 0 Å². The van der Waals surface area contributed by atoms with Gasteiger partial charge in [-0.3, -0.25) is 4.72 Å². The molecule has 1 fully saturated rings. The third kappa shape index (κ3) is 3.00. The van der Waals surface area contributed by atoms with Crippen molar-refractivity contribution in [2.75, 3.05) is 11.0 Å². The topological polar surface area (TPSA) is 71.3 Å². The summed E-state index contributed by atoms with van der Waals surface area (Å²) in [6, 6.07) is 15.0. The van der Waals surface area contributed by atoms with Crippen molar-refractivity contribution in [1.82, 2.24) is 4.57 Å². The summed E-state index contributed by atoms with van der Waals surface area (Å²) in [5, 5.41) is 12.8. The Bertz CT molecular complexity index is 1130. The lowest BCUT2D eigenvalue weighted by atomic mass is 9.79. The number of anilines is 1. The van der Waals surface area contributed by atoms with Gasteiger partial charge in [-0.05, 0) is 55.2 Å². The molecule has 3 aromatic rings. The highest BCUT2D eigenvalue weighted by molar-refractivity contribution is 7.92. The van der Waals surface area contributed by atoms with E-state index in [9.17, 15) is 13.5 Å². The monoisotopic (exact) mass is 418 g/mol. The van der Waals surface area contributed by atoms with Crippen molar-refractivity contribution in [1.29, 1.82) is 0 Å². The molecule has 0 radical (unpaired) electrons. The van der Waals surface area contributed by atoms with Crippen LogP contribution in [0.25, 0.3) is 10.9 Å². The third-order valence-corrected chi connectivity index (χ3v) is 6.61. The van der Waals surface area contributed by atoms with Crippen LogP contribution in [0.15, 0.2) is 54.7 Å². The maximum absolute atomic E-state index is 11.8. The molecule has 0 bridgehead atoms. The molecular weight excluding hydrogens is 396 g/mol. The number of benzene rings is 2. The zero-order valence-corrected chi connectivity index (χ0v) is 17.4. The normalized spacial score (nSPS) is 18.0. The molecule has 1 unspecified atom stereocenters. The lowest BCUT2D eigenvalue weighted by Gasteiger charge is -2.41. The Morgan fingerprint density at radius 2 is 1.86 bits per heavy atom. The summed E-state index contributed by atoms with van der Waals surface area (Å²) < 4.78 is 28.2. The molecule has 28 heavy (non-hydrogen) atoms.